The maximum atomic E-state index is 11.6. The van der Waals surface area contributed by atoms with Gasteiger partial charge in [0.05, 0.1) is 13.2 Å². The first-order valence-electron chi connectivity index (χ1n) is 7.93. The minimum absolute atomic E-state index is 0.0109. The number of nitrogens with one attached hydrogen (secondary N) is 2. The molecule has 0 aliphatic heterocycles. The average Bonchev–Trinajstić information content (AvgIpc) is 2.54. The number of rotatable bonds is 8. The molecule has 2 N–H and O–H groups in total. The van der Waals surface area contributed by atoms with E-state index in [-0.39, 0.29) is 18.5 Å². The topological polar surface area (TPSA) is 50.4 Å². The average molecular weight is 312 g/mol. The third-order valence-electron chi connectivity index (χ3n) is 3.26. The van der Waals surface area contributed by atoms with E-state index in [9.17, 15) is 4.79 Å². The van der Waals surface area contributed by atoms with E-state index in [0.29, 0.717) is 6.61 Å². The molecule has 2 aromatic rings. The van der Waals surface area contributed by atoms with Crippen LogP contribution in [0.3, 0.4) is 0 Å². The van der Waals surface area contributed by atoms with Gasteiger partial charge in [-0.25, -0.2) is 0 Å². The lowest BCUT2D eigenvalue weighted by Gasteiger charge is -2.11. The van der Waals surface area contributed by atoms with Gasteiger partial charge in [-0.3, -0.25) is 4.79 Å². The summed E-state index contributed by atoms with van der Waals surface area (Å²) in [4.78, 5) is 11.6. The third kappa shape index (κ3) is 6.43. The van der Waals surface area contributed by atoms with Gasteiger partial charge in [0.2, 0.25) is 5.91 Å². The summed E-state index contributed by atoms with van der Waals surface area (Å²) >= 11 is 0. The summed E-state index contributed by atoms with van der Waals surface area (Å²) in [6.07, 6.45) is 0.885. The second-order valence-electron chi connectivity index (χ2n) is 5.68. The number of hydrogen-bond acceptors (Lipinski definition) is 3. The molecule has 0 radical (unpaired) electrons. The number of ether oxygens (including phenoxy) is 1. The van der Waals surface area contributed by atoms with E-state index in [4.69, 9.17) is 4.74 Å². The minimum atomic E-state index is -0.0109. The monoisotopic (exact) mass is 312 g/mol. The van der Waals surface area contributed by atoms with Crippen molar-refractivity contribution < 1.29 is 9.53 Å². The molecular weight excluding hydrogens is 288 g/mol. The lowest BCUT2D eigenvalue weighted by Crippen LogP contribution is -2.34. The highest BCUT2D eigenvalue weighted by atomic mass is 16.5. The van der Waals surface area contributed by atoms with Gasteiger partial charge >= 0.3 is 0 Å². The number of carbonyl (C=O) groups is 1. The van der Waals surface area contributed by atoms with Gasteiger partial charge in [0.15, 0.2) is 0 Å². The molecule has 0 unspecified atom stereocenters. The van der Waals surface area contributed by atoms with E-state index in [0.717, 1.165) is 17.9 Å². The van der Waals surface area contributed by atoms with Crippen LogP contribution in [0, 0.1) is 0 Å². The van der Waals surface area contributed by atoms with E-state index >= 15 is 0 Å². The molecule has 0 spiro atoms. The molecule has 23 heavy (non-hydrogen) atoms. The quantitative estimate of drug-likeness (QED) is 0.787. The highest BCUT2D eigenvalue weighted by molar-refractivity contribution is 5.80. The molecular formula is C19H24N2O2. The molecule has 0 aliphatic carbocycles. The number of anilines is 1. The Kier molecular flexibility index (Phi) is 6.48. The van der Waals surface area contributed by atoms with Crippen molar-refractivity contribution in [2.75, 3.05) is 18.5 Å². The smallest absolute Gasteiger partial charge is 0.239 e. The lowest BCUT2D eigenvalue weighted by molar-refractivity contribution is -0.119. The Morgan fingerprint density at radius 2 is 1.74 bits per heavy atom. The Bertz CT molecular complexity index is 595. The Labute approximate surface area is 137 Å². The fourth-order valence-electron chi connectivity index (χ4n) is 2.16. The molecule has 4 nitrogen and oxygen atoms in total. The third-order valence-corrected chi connectivity index (χ3v) is 3.26. The van der Waals surface area contributed by atoms with Crippen LogP contribution in [0.2, 0.25) is 0 Å². The Morgan fingerprint density at radius 3 is 2.39 bits per heavy atom. The first-order valence-corrected chi connectivity index (χ1v) is 7.93. The number of amides is 1. The van der Waals surface area contributed by atoms with Gasteiger partial charge in [-0.1, -0.05) is 30.3 Å². The van der Waals surface area contributed by atoms with E-state index in [2.05, 4.69) is 22.8 Å². The minimum Gasteiger partial charge on any atom is -0.493 e. The SMILES string of the molecule is CC(C)NC(=O)CNc1ccc(OCCc2ccccc2)cc1. The van der Waals surface area contributed by atoms with Crippen LogP contribution in [0.15, 0.2) is 54.6 Å². The van der Waals surface area contributed by atoms with E-state index < -0.39 is 0 Å². The summed E-state index contributed by atoms with van der Waals surface area (Å²) in [6.45, 7) is 4.80. The molecule has 0 heterocycles. The Morgan fingerprint density at radius 1 is 1.04 bits per heavy atom. The summed E-state index contributed by atoms with van der Waals surface area (Å²) in [6, 6.07) is 18.1. The van der Waals surface area contributed by atoms with Crippen LogP contribution in [-0.4, -0.2) is 25.1 Å². The predicted molar refractivity (Wildman–Crippen MR) is 93.9 cm³/mol. The maximum absolute atomic E-state index is 11.6. The van der Waals surface area contributed by atoms with Crippen LogP contribution in [0.1, 0.15) is 19.4 Å². The summed E-state index contributed by atoms with van der Waals surface area (Å²) in [5.74, 6) is 0.821. The summed E-state index contributed by atoms with van der Waals surface area (Å²) in [5.41, 5.74) is 2.17. The zero-order valence-corrected chi connectivity index (χ0v) is 13.7. The van der Waals surface area contributed by atoms with Gasteiger partial charge in [-0.15, -0.1) is 0 Å². The summed E-state index contributed by atoms with van der Waals surface area (Å²) in [5, 5.41) is 5.93. The highest BCUT2D eigenvalue weighted by Gasteiger charge is 2.03. The summed E-state index contributed by atoms with van der Waals surface area (Å²) < 4.78 is 5.74. The van der Waals surface area contributed by atoms with Crippen LogP contribution < -0.4 is 15.4 Å². The molecule has 0 fully saturated rings. The number of benzene rings is 2. The highest BCUT2D eigenvalue weighted by Crippen LogP contribution is 2.15. The second kappa shape index (κ2) is 8.83. The zero-order chi connectivity index (χ0) is 16.5. The zero-order valence-electron chi connectivity index (χ0n) is 13.7. The molecule has 122 valence electrons. The van der Waals surface area contributed by atoms with Crippen molar-refractivity contribution in [3.05, 3.63) is 60.2 Å². The largest absolute Gasteiger partial charge is 0.493 e. The molecule has 0 bridgehead atoms. The van der Waals surface area contributed by atoms with Crippen molar-refractivity contribution in [1.29, 1.82) is 0 Å². The molecule has 1 amide bonds. The van der Waals surface area contributed by atoms with Gasteiger partial charge in [-0.05, 0) is 43.7 Å². The van der Waals surface area contributed by atoms with Gasteiger partial charge in [0.1, 0.15) is 5.75 Å². The van der Waals surface area contributed by atoms with Crippen molar-refractivity contribution >= 4 is 11.6 Å². The molecule has 2 aromatic carbocycles. The molecule has 0 saturated heterocycles. The van der Waals surface area contributed by atoms with Crippen LogP contribution in [0.4, 0.5) is 5.69 Å². The van der Waals surface area contributed by atoms with Crippen LogP contribution in [-0.2, 0) is 11.2 Å². The number of hydrogen-bond donors (Lipinski definition) is 2. The normalized spacial score (nSPS) is 10.4. The molecule has 0 aromatic heterocycles. The van der Waals surface area contributed by atoms with Crippen molar-refractivity contribution in [3.8, 4) is 5.75 Å². The van der Waals surface area contributed by atoms with E-state index in [1.807, 2.05) is 56.3 Å². The van der Waals surface area contributed by atoms with Crippen LogP contribution in [0.25, 0.3) is 0 Å². The Hall–Kier alpha value is -2.49. The predicted octanol–water partition coefficient (Wildman–Crippen LogP) is 3.24. The molecule has 4 heteroatoms. The van der Waals surface area contributed by atoms with Gasteiger partial charge < -0.3 is 15.4 Å². The standard InChI is InChI=1S/C19H24N2O2/c1-15(2)21-19(22)14-20-17-8-10-18(11-9-17)23-13-12-16-6-4-3-5-7-16/h3-11,15,20H,12-14H2,1-2H3,(H,21,22). The number of carbonyl (C=O) groups excluding carboxylic acids is 1. The lowest BCUT2D eigenvalue weighted by atomic mass is 10.2. The van der Waals surface area contributed by atoms with Gasteiger partial charge in [0, 0.05) is 18.2 Å². The molecule has 2 rings (SSSR count). The van der Waals surface area contributed by atoms with Crippen LogP contribution in [0.5, 0.6) is 5.75 Å². The van der Waals surface area contributed by atoms with E-state index in [1.54, 1.807) is 0 Å². The fraction of sp³-hybridized carbons (Fsp3) is 0.316. The first-order chi connectivity index (χ1) is 11.1. The molecule has 0 aliphatic rings. The van der Waals surface area contributed by atoms with Crippen molar-refractivity contribution in [2.45, 2.75) is 26.3 Å². The van der Waals surface area contributed by atoms with Crippen LogP contribution >= 0.6 is 0 Å². The summed E-state index contributed by atoms with van der Waals surface area (Å²) in [7, 11) is 0. The fourth-order valence-corrected chi connectivity index (χ4v) is 2.16. The van der Waals surface area contributed by atoms with E-state index in [1.165, 1.54) is 5.56 Å². The molecule has 0 atom stereocenters. The van der Waals surface area contributed by atoms with Crippen molar-refractivity contribution in [3.63, 3.8) is 0 Å². The first kappa shape index (κ1) is 16.9. The molecule has 0 saturated carbocycles. The van der Waals surface area contributed by atoms with Crippen molar-refractivity contribution in [2.24, 2.45) is 0 Å². The second-order valence-corrected chi connectivity index (χ2v) is 5.68. The van der Waals surface area contributed by atoms with Gasteiger partial charge in [-0.2, -0.15) is 0 Å². The Balaban J connectivity index is 1.73. The van der Waals surface area contributed by atoms with Gasteiger partial charge in [0.25, 0.3) is 0 Å². The maximum Gasteiger partial charge on any atom is 0.239 e. The van der Waals surface area contributed by atoms with Crippen molar-refractivity contribution in [1.82, 2.24) is 5.32 Å².